The van der Waals surface area contributed by atoms with Crippen LogP contribution in [0.2, 0.25) is 0 Å². The van der Waals surface area contributed by atoms with Crippen molar-refractivity contribution in [2.75, 3.05) is 5.32 Å². The molecule has 23 heavy (non-hydrogen) atoms. The molecule has 118 valence electrons. The van der Waals surface area contributed by atoms with Crippen LogP contribution in [0.5, 0.6) is 0 Å². The van der Waals surface area contributed by atoms with Crippen LogP contribution in [0.4, 0.5) is 5.13 Å². The molecule has 0 saturated heterocycles. The Labute approximate surface area is 141 Å². The number of nitrogens with one attached hydrogen (secondary N) is 1. The van der Waals surface area contributed by atoms with E-state index in [2.05, 4.69) is 25.5 Å². The van der Waals surface area contributed by atoms with Gasteiger partial charge in [-0.25, -0.2) is 4.98 Å². The van der Waals surface area contributed by atoms with E-state index in [1.165, 1.54) is 23.1 Å². The molecule has 0 fully saturated rings. The lowest BCUT2D eigenvalue weighted by molar-refractivity contribution is -0.115. The Kier molecular flexibility index (Phi) is 4.68. The van der Waals surface area contributed by atoms with Crippen LogP contribution in [-0.2, 0) is 11.8 Å². The molecule has 7 nitrogen and oxygen atoms in total. The number of anilines is 1. The molecule has 0 bridgehead atoms. The van der Waals surface area contributed by atoms with E-state index in [4.69, 9.17) is 0 Å². The van der Waals surface area contributed by atoms with Crippen molar-refractivity contribution in [3.05, 3.63) is 36.1 Å². The van der Waals surface area contributed by atoms with Crippen molar-refractivity contribution < 1.29 is 4.79 Å². The van der Waals surface area contributed by atoms with E-state index in [1.54, 1.807) is 18.6 Å². The second-order valence-corrected chi connectivity index (χ2v) is 6.90. The van der Waals surface area contributed by atoms with E-state index in [0.717, 1.165) is 5.56 Å². The van der Waals surface area contributed by atoms with Gasteiger partial charge in [-0.2, -0.15) is 0 Å². The molecule has 1 N–H and O–H groups in total. The van der Waals surface area contributed by atoms with Crippen LogP contribution in [0.25, 0.3) is 11.4 Å². The summed E-state index contributed by atoms with van der Waals surface area (Å²) in [5.74, 6) is 0.601. The molecule has 1 atom stereocenters. The van der Waals surface area contributed by atoms with Gasteiger partial charge in [0.25, 0.3) is 0 Å². The first-order chi connectivity index (χ1) is 11.1. The fourth-order valence-corrected chi connectivity index (χ4v) is 3.21. The summed E-state index contributed by atoms with van der Waals surface area (Å²) >= 11 is 2.74. The number of nitrogens with zero attached hydrogens (tertiary/aromatic N) is 5. The lowest BCUT2D eigenvalue weighted by atomic mass is 10.3. The highest BCUT2D eigenvalue weighted by Gasteiger charge is 2.20. The van der Waals surface area contributed by atoms with Gasteiger partial charge in [0.2, 0.25) is 5.91 Å². The molecule has 9 heteroatoms. The molecule has 0 aliphatic carbocycles. The predicted molar refractivity (Wildman–Crippen MR) is 90.3 cm³/mol. The van der Waals surface area contributed by atoms with Crippen LogP contribution in [0.15, 0.2) is 41.3 Å². The van der Waals surface area contributed by atoms with Gasteiger partial charge in [0.15, 0.2) is 16.1 Å². The second kappa shape index (κ2) is 6.88. The number of rotatable bonds is 5. The number of aromatic nitrogens is 5. The molecule has 0 aromatic carbocycles. The van der Waals surface area contributed by atoms with Crippen molar-refractivity contribution in [3.63, 3.8) is 0 Å². The normalized spacial score (nSPS) is 12.1. The molecule has 0 radical (unpaired) electrons. The maximum Gasteiger partial charge on any atom is 0.239 e. The van der Waals surface area contributed by atoms with Crippen molar-refractivity contribution >= 4 is 34.1 Å². The van der Waals surface area contributed by atoms with Crippen LogP contribution in [-0.4, -0.2) is 35.9 Å². The van der Waals surface area contributed by atoms with Gasteiger partial charge >= 0.3 is 0 Å². The number of carbonyl (C=O) groups excluding carboxylic acids is 1. The van der Waals surface area contributed by atoms with E-state index >= 15 is 0 Å². The van der Waals surface area contributed by atoms with Crippen molar-refractivity contribution in [2.45, 2.75) is 17.3 Å². The van der Waals surface area contributed by atoms with Gasteiger partial charge in [-0.1, -0.05) is 11.8 Å². The number of amides is 1. The zero-order valence-electron chi connectivity index (χ0n) is 12.5. The summed E-state index contributed by atoms with van der Waals surface area (Å²) < 4.78 is 1.86. The topological polar surface area (TPSA) is 85.6 Å². The van der Waals surface area contributed by atoms with Gasteiger partial charge in [0.05, 0.1) is 5.25 Å². The molecule has 3 aromatic heterocycles. The highest BCUT2D eigenvalue weighted by atomic mass is 32.2. The van der Waals surface area contributed by atoms with E-state index in [0.29, 0.717) is 16.1 Å². The second-order valence-electron chi connectivity index (χ2n) is 4.69. The van der Waals surface area contributed by atoms with E-state index in [1.807, 2.05) is 36.1 Å². The molecule has 0 aliphatic rings. The van der Waals surface area contributed by atoms with Crippen LogP contribution in [0.1, 0.15) is 6.92 Å². The Balaban J connectivity index is 1.71. The lowest BCUT2D eigenvalue weighted by Crippen LogP contribution is -2.22. The van der Waals surface area contributed by atoms with Gasteiger partial charge in [-0.15, -0.1) is 21.5 Å². The third-order valence-corrected chi connectivity index (χ3v) is 4.89. The zero-order chi connectivity index (χ0) is 16.2. The Morgan fingerprint density at radius 1 is 1.39 bits per heavy atom. The van der Waals surface area contributed by atoms with Crippen molar-refractivity contribution in [1.82, 2.24) is 24.7 Å². The van der Waals surface area contributed by atoms with Gasteiger partial charge < -0.3 is 9.88 Å². The molecule has 3 aromatic rings. The minimum absolute atomic E-state index is 0.115. The average molecular weight is 346 g/mol. The molecular weight excluding hydrogens is 332 g/mol. The summed E-state index contributed by atoms with van der Waals surface area (Å²) in [6.07, 6.45) is 5.10. The molecule has 0 aliphatic heterocycles. The molecule has 0 unspecified atom stereocenters. The Hall–Kier alpha value is -2.26. The summed E-state index contributed by atoms with van der Waals surface area (Å²) in [6.45, 7) is 1.83. The standard InChI is InChI=1S/C14H14N6OS2/c1-9(12(21)17-13-16-6-7-22-13)23-14-19-18-11(20(14)2)10-4-3-5-15-8-10/h3-9H,1-2H3,(H,16,17,21)/t9-/m1/s1. The number of hydrogen-bond acceptors (Lipinski definition) is 7. The third-order valence-electron chi connectivity index (χ3n) is 3.07. The third kappa shape index (κ3) is 3.57. The molecular formula is C14H14N6OS2. The minimum atomic E-state index is -0.316. The first kappa shape index (κ1) is 15.6. The quantitative estimate of drug-likeness (QED) is 0.714. The monoisotopic (exact) mass is 346 g/mol. The van der Waals surface area contributed by atoms with Crippen LogP contribution < -0.4 is 5.32 Å². The summed E-state index contributed by atoms with van der Waals surface area (Å²) in [5, 5.41) is 13.9. The number of thiazole rings is 1. The minimum Gasteiger partial charge on any atom is -0.305 e. The van der Waals surface area contributed by atoms with Gasteiger partial charge in [-0.3, -0.25) is 9.78 Å². The molecule has 0 saturated carbocycles. The first-order valence-corrected chi connectivity index (χ1v) is 8.58. The van der Waals surface area contributed by atoms with Crippen LogP contribution >= 0.6 is 23.1 Å². The number of carbonyl (C=O) groups is 1. The van der Waals surface area contributed by atoms with Crippen molar-refractivity contribution in [3.8, 4) is 11.4 Å². The van der Waals surface area contributed by atoms with Crippen molar-refractivity contribution in [2.24, 2.45) is 7.05 Å². The van der Waals surface area contributed by atoms with Gasteiger partial charge in [0.1, 0.15) is 0 Å². The molecule has 3 heterocycles. The zero-order valence-corrected chi connectivity index (χ0v) is 14.1. The Morgan fingerprint density at radius 2 is 2.26 bits per heavy atom. The summed E-state index contributed by atoms with van der Waals surface area (Å²) in [5.41, 5.74) is 0.884. The fraction of sp³-hybridized carbons (Fsp3) is 0.214. The van der Waals surface area contributed by atoms with Crippen molar-refractivity contribution in [1.29, 1.82) is 0 Å². The number of thioether (sulfide) groups is 1. The highest BCUT2D eigenvalue weighted by Crippen LogP contribution is 2.26. The Bertz CT molecular complexity index is 787. The van der Waals surface area contributed by atoms with E-state index < -0.39 is 0 Å². The van der Waals surface area contributed by atoms with Crippen LogP contribution in [0, 0.1) is 0 Å². The maximum atomic E-state index is 12.2. The van der Waals surface area contributed by atoms with E-state index in [-0.39, 0.29) is 11.2 Å². The lowest BCUT2D eigenvalue weighted by Gasteiger charge is -2.10. The van der Waals surface area contributed by atoms with Crippen LogP contribution in [0.3, 0.4) is 0 Å². The SMILES string of the molecule is C[C@@H](Sc1nnc(-c2cccnc2)n1C)C(=O)Nc1nccs1. The largest absolute Gasteiger partial charge is 0.305 e. The number of pyridine rings is 1. The number of hydrogen-bond donors (Lipinski definition) is 1. The fourth-order valence-electron chi connectivity index (χ4n) is 1.87. The molecule has 0 spiro atoms. The summed E-state index contributed by atoms with van der Waals surface area (Å²) in [4.78, 5) is 20.3. The van der Waals surface area contributed by atoms with Gasteiger partial charge in [0, 0.05) is 36.6 Å². The maximum absolute atomic E-state index is 12.2. The smallest absolute Gasteiger partial charge is 0.239 e. The summed E-state index contributed by atoms with van der Waals surface area (Å²) in [6, 6.07) is 3.77. The Morgan fingerprint density at radius 3 is 2.96 bits per heavy atom. The molecule has 1 amide bonds. The summed E-state index contributed by atoms with van der Waals surface area (Å²) in [7, 11) is 1.87. The first-order valence-electron chi connectivity index (χ1n) is 6.82. The molecule has 3 rings (SSSR count). The highest BCUT2D eigenvalue weighted by molar-refractivity contribution is 8.00. The predicted octanol–water partition coefficient (Wildman–Crippen LogP) is 2.45. The average Bonchev–Trinajstić information content (AvgIpc) is 3.19. The van der Waals surface area contributed by atoms with E-state index in [9.17, 15) is 4.79 Å². The van der Waals surface area contributed by atoms with Gasteiger partial charge in [-0.05, 0) is 19.1 Å².